The summed E-state index contributed by atoms with van der Waals surface area (Å²) in [7, 11) is 0. The summed E-state index contributed by atoms with van der Waals surface area (Å²) in [6.45, 7) is 0. The van der Waals surface area contributed by atoms with Crippen LogP contribution in [-0.2, 0) is 4.79 Å². The maximum atomic E-state index is 10.5. The van der Waals surface area contributed by atoms with Gasteiger partial charge in [0.2, 0.25) is 0 Å². The van der Waals surface area contributed by atoms with E-state index in [4.69, 9.17) is 5.11 Å². The van der Waals surface area contributed by atoms with Crippen LogP contribution in [0.1, 0.15) is 19.3 Å². The third-order valence-electron chi connectivity index (χ3n) is 2.46. The molecule has 1 aliphatic heterocycles. The van der Waals surface area contributed by atoms with Gasteiger partial charge in [-0.2, -0.15) is 0 Å². The molecule has 2 unspecified atom stereocenters. The molecule has 10 heavy (non-hydrogen) atoms. The monoisotopic (exact) mass is 141 g/mol. The fraction of sp³-hybridized carbons (Fsp3) is 0.857. The van der Waals surface area contributed by atoms with Gasteiger partial charge in [0.15, 0.2) is 0 Å². The van der Waals surface area contributed by atoms with Crippen LogP contribution in [0.3, 0.4) is 0 Å². The Bertz CT molecular complexity index is 169. The molecule has 0 aromatic rings. The van der Waals surface area contributed by atoms with Gasteiger partial charge < -0.3 is 10.4 Å². The van der Waals surface area contributed by atoms with E-state index in [0.29, 0.717) is 6.04 Å². The maximum absolute atomic E-state index is 10.5. The number of rotatable bonds is 1. The van der Waals surface area contributed by atoms with Crippen molar-refractivity contribution in [2.75, 3.05) is 0 Å². The number of fused-ring (bicyclic) bond motifs is 1. The van der Waals surface area contributed by atoms with Gasteiger partial charge in [-0.05, 0) is 25.2 Å². The molecule has 1 saturated carbocycles. The second-order valence-corrected chi connectivity index (χ2v) is 3.24. The number of hydrogen-bond acceptors (Lipinski definition) is 2. The topological polar surface area (TPSA) is 49.3 Å². The predicted octanol–water partition coefficient (Wildman–Crippen LogP) is 0.212. The van der Waals surface area contributed by atoms with Gasteiger partial charge >= 0.3 is 5.97 Å². The number of hydrogen-bond donors (Lipinski definition) is 2. The van der Waals surface area contributed by atoms with E-state index >= 15 is 0 Å². The van der Waals surface area contributed by atoms with Crippen molar-refractivity contribution < 1.29 is 9.90 Å². The Morgan fingerprint density at radius 1 is 1.50 bits per heavy atom. The van der Waals surface area contributed by atoms with E-state index in [0.717, 1.165) is 18.8 Å². The van der Waals surface area contributed by atoms with Crippen LogP contribution in [0.25, 0.3) is 0 Å². The molecule has 2 rings (SSSR count). The van der Waals surface area contributed by atoms with Crippen LogP contribution >= 0.6 is 0 Å². The second-order valence-electron chi connectivity index (χ2n) is 3.24. The van der Waals surface area contributed by atoms with Crippen LogP contribution in [0.15, 0.2) is 0 Å². The molecule has 3 heteroatoms. The number of nitrogens with one attached hydrogen (secondary N) is 1. The van der Waals surface area contributed by atoms with Crippen LogP contribution in [-0.4, -0.2) is 23.2 Å². The molecule has 3 nitrogen and oxygen atoms in total. The second kappa shape index (κ2) is 1.95. The molecule has 2 fully saturated rings. The first-order chi connectivity index (χ1) is 4.77. The van der Waals surface area contributed by atoms with Gasteiger partial charge in [0.1, 0.15) is 6.04 Å². The van der Waals surface area contributed by atoms with E-state index < -0.39 is 5.97 Å². The number of carbonyl (C=O) groups is 1. The average molecular weight is 141 g/mol. The quantitative estimate of drug-likeness (QED) is 0.549. The van der Waals surface area contributed by atoms with Gasteiger partial charge in [0.25, 0.3) is 0 Å². The fourth-order valence-corrected chi connectivity index (χ4v) is 1.69. The molecule has 2 N–H and O–H groups in total. The Labute approximate surface area is 59.4 Å². The highest BCUT2D eigenvalue weighted by Gasteiger charge is 2.43. The van der Waals surface area contributed by atoms with Crippen molar-refractivity contribution in [2.24, 2.45) is 5.92 Å². The summed E-state index contributed by atoms with van der Waals surface area (Å²) in [4.78, 5) is 10.5. The number of carboxylic acids is 1. The van der Waals surface area contributed by atoms with Gasteiger partial charge in [-0.25, -0.2) is 0 Å². The minimum Gasteiger partial charge on any atom is -0.480 e. The molecule has 56 valence electrons. The summed E-state index contributed by atoms with van der Waals surface area (Å²) in [5.74, 6) is 0.112. The lowest BCUT2D eigenvalue weighted by molar-refractivity contribution is -0.140. The van der Waals surface area contributed by atoms with Crippen LogP contribution in [0, 0.1) is 5.92 Å². The lowest BCUT2D eigenvalue weighted by Crippen LogP contribution is -2.41. The van der Waals surface area contributed by atoms with Gasteiger partial charge in [-0.1, -0.05) is 0 Å². The SMILES string of the molecule is O=C(O)[C@H]1CCC2CC2N1. The van der Waals surface area contributed by atoms with Gasteiger partial charge in [0.05, 0.1) is 0 Å². The highest BCUT2D eigenvalue weighted by Crippen LogP contribution is 2.38. The highest BCUT2D eigenvalue weighted by atomic mass is 16.4. The smallest absolute Gasteiger partial charge is 0.320 e. The Kier molecular flexibility index (Phi) is 1.20. The maximum Gasteiger partial charge on any atom is 0.320 e. The zero-order valence-corrected chi connectivity index (χ0v) is 5.71. The molecule has 0 radical (unpaired) electrons. The summed E-state index contributed by atoms with van der Waals surface area (Å²) in [5.41, 5.74) is 0. The number of aliphatic carboxylic acids is 1. The Morgan fingerprint density at radius 3 is 2.90 bits per heavy atom. The number of carboxylic acid groups (broad SMARTS) is 1. The minimum atomic E-state index is -0.689. The van der Waals surface area contributed by atoms with E-state index in [1.54, 1.807) is 0 Å². The van der Waals surface area contributed by atoms with Crippen molar-refractivity contribution in [1.29, 1.82) is 0 Å². The van der Waals surface area contributed by atoms with Gasteiger partial charge in [0, 0.05) is 6.04 Å². The van der Waals surface area contributed by atoms with Crippen LogP contribution in [0.4, 0.5) is 0 Å². The first-order valence-corrected chi connectivity index (χ1v) is 3.76. The van der Waals surface area contributed by atoms with Crippen LogP contribution in [0.2, 0.25) is 0 Å². The van der Waals surface area contributed by atoms with Gasteiger partial charge in [-0.3, -0.25) is 4.79 Å². The van der Waals surface area contributed by atoms with Crippen molar-refractivity contribution in [3.63, 3.8) is 0 Å². The third-order valence-corrected chi connectivity index (χ3v) is 2.46. The normalized spacial score (nSPS) is 44.2. The van der Waals surface area contributed by atoms with E-state index in [2.05, 4.69) is 5.32 Å². The molecule has 3 atom stereocenters. The van der Waals surface area contributed by atoms with E-state index in [1.807, 2.05) is 0 Å². The van der Waals surface area contributed by atoms with Crippen molar-refractivity contribution in [3.8, 4) is 0 Å². The molecule has 1 heterocycles. The summed E-state index contributed by atoms with van der Waals surface area (Å²) in [5, 5.41) is 11.7. The van der Waals surface area contributed by atoms with E-state index in [1.165, 1.54) is 6.42 Å². The molecular weight excluding hydrogens is 130 g/mol. The zero-order valence-electron chi connectivity index (χ0n) is 5.71. The standard InChI is InChI=1S/C7H11NO2/c9-7(10)5-2-1-4-3-6(4)8-5/h4-6,8H,1-3H2,(H,9,10)/t4?,5-,6?/m1/s1. The van der Waals surface area contributed by atoms with Crippen molar-refractivity contribution >= 4 is 5.97 Å². The summed E-state index contributed by atoms with van der Waals surface area (Å²) in [6.07, 6.45) is 3.12. The molecule has 0 aromatic carbocycles. The third kappa shape index (κ3) is 0.904. The van der Waals surface area contributed by atoms with E-state index in [-0.39, 0.29) is 6.04 Å². The molecule has 1 saturated heterocycles. The lowest BCUT2D eigenvalue weighted by Gasteiger charge is -2.18. The summed E-state index contributed by atoms with van der Waals surface area (Å²) in [6, 6.07) is 0.276. The first kappa shape index (κ1) is 6.16. The van der Waals surface area contributed by atoms with Crippen LogP contribution in [0.5, 0.6) is 0 Å². The van der Waals surface area contributed by atoms with E-state index in [9.17, 15) is 4.79 Å². The highest BCUT2D eigenvalue weighted by molar-refractivity contribution is 5.73. The number of piperidine rings is 1. The molecular formula is C7H11NO2. The summed E-state index contributed by atoms with van der Waals surface area (Å²) >= 11 is 0. The molecule has 0 aromatic heterocycles. The zero-order chi connectivity index (χ0) is 7.14. The molecule has 1 aliphatic carbocycles. The van der Waals surface area contributed by atoms with Gasteiger partial charge in [-0.15, -0.1) is 0 Å². The van der Waals surface area contributed by atoms with Crippen molar-refractivity contribution in [2.45, 2.75) is 31.3 Å². The van der Waals surface area contributed by atoms with Crippen molar-refractivity contribution in [3.05, 3.63) is 0 Å². The average Bonchev–Trinajstić information content (AvgIpc) is 2.63. The Balaban J connectivity index is 1.94. The predicted molar refractivity (Wildman–Crippen MR) is 35.7 cm³/mol. The lowest BCUT2D eigenvalue weighted by atomic mass is 10.1. The fourth-order valence-electron chi connectivity index (χ4n) is 1.69. The molecule has 0 amide bonds. The largest absolute Gasteiger partial charge is 0.480 e. The van der Waals surface area contributed by atoms with Crippen LogP contribution < -0.4 is 5.32 Å². The first-order valence-electron chi connectivity index (χ1n) is 3.76. The Hall–Kier alpha value is -0.570. The minimum absolute atomic E-state index is 0.260. The van der Waals surface area contributed by atoms with Crippen molar-refractivity contribution in [1.82, 2.24) is 5.32 Å². The molecule has 2 aliphatic rings. The summed E-state index contributed by atoms with van der Waals surface area (Å²) < 4.78 is 0. The Morgan fingerprint density at radius 2 is 2.30 bits per heavy atom. The molecule has 0 spiro atoms. The molecule has 0 bridgehead atoms.